The molecule has 0 aliphatic rings. The van der Waals surface area contributed by atoms with E-state index in [2.05, 4.69) is 18.9 Å². The molecule has 2 nitrogen and oxygen atoms in total. The largest absolute Gasteiger partial charge is 0.393 e. The molecule has 0 saturated heterocycles. The van der Waals surface area contributed by atoms with Gasteiger partial charge in [0.2, 0.25) is 0 Å². The Kier molecular flexibility index (Phi) is 6.46. The SMILES string of the molecule is CCN(C)CCCCC(N)=S. The quantitative estimate of drug-likeness (QED) is 0.487. The first-order valence-corrected chi connectivity index (χ1v) is 4.54. The molecule has 3 heteroatoms. The number of rotatable bonds is 6. The van der Waals surface area contributed by atoms with E-state index in [1.807, 2.05) is 0 Å². The first-order valence-electron chi connectivity index (χ1n) is 4.13. The maximum absolute atomic E-state index is 5.36. The van der Waals surface area contributed by atoms with Crippen molar-refractivity contribution < 1.29 is 0 Å². The lowest BCUT2D eigenvalue weighted by Gasteiger charge is -2.12. The average Bonchev–Trinajstić information content (AvgIpc) is 1.97. The fourth-order valence-corrected chi connectivity index (χ4v) is 0.983. The van der Waals surface area contributed by atoms with E-state index in [4.69, 9.17) is 18.0 Å². The molecule has 0 aromatic rings. The zero-order chi connectivity index (χ0) is 8.69. The smallest absolute Gasteiger partial charge is 0.0727 e. The summed E-state index contributed by atoms with van der Waals surface area (Å²) >= 11 is 4.77. The lowest BCUT2D eigenvalue weighted by Crippen LogP contribution is -2.19. The highest BCUT2D eigenvalue weighted by Gasteiger charge is 1.94. The minimum atomic E-state index is 0.643. The van der Waals surface area contributed by atoms with Crippen molar-refractivity contribution in [3.05, 3.63) is 0 Å². The molecule has 0 rings (SSSR count). The summed E-state index contributed by atoms with van der Waals surface area (Å²) in [5, 5.41) is 0. The fraction of sp³-hybridized carbons (Fsp3) is 0.875. The molecule has 11 heavy (non-hydrogen) atoms. The summed E-state index contributed by atoms with van der Waals surface area (Å²) in [7, 11) is 2.13. The Morgan fingerprint density at radius 1 is 1.45 bits per heavy atom. The van der Waals surface area contributed by atoms with Crippen molar-refractivity contribution in [2.75, 3.05) is 20.1 Å². The number of thiocarbonyl (C=S) groups is 1. The Hall–Kier alpha value is -0.150. The molecule has 2 N–H and O–H groups in total. The summed E-state index contributed by atoms with van der Waals surface area (Å²) < 4.78 is 0. The molecule has 0 bridgehead atoms. The topological polar surface area (TPSA) is 29.3 Å². The van der Waals surface area contributed by atoms with Crippen LogP contribution in [-0.4, -0.2) is 30.0 Å². The predicted octanol–water partition coefficient (Wildman–Crippen LogP) is 1.39. The molecule has 0 aromatic carbocycles. The molecule has 0 unspecified atom stereocenters. The Bertz CT molecular complexity index is 115. The second kappa shape index (κ2) is 6.55. The van der Waals surface area contributed by atoms with Crippen LogP contribution < -0.4 is 5.73 Å². The van der Waals surface area contributed by atoms with E-state index in [1.165, 1.54) is 6.42 Å². The summed E-state index contributed by atoms with van der Waals surface area (Å²) in [5.41, 5.74) is 5.36. The van der Waals surface area contributed by atoms with Gasteiger partial charge in [-0.15, -0.1) is 0 Å². The van der Waals surface area contributed by atoms with E-state index in [1.54, 1.807) is 0 Å². The van der Waals surface area contributed by atoms with Gasteiger partial charge >= 0.3 is 0 Å². The fourth-order valence-electron chi connectivity index (χ4n) is 0.839. The van der Waals surface area contributed by atoms with Crippen LogP contribution in [0.25, 0.3) is 0 Å². The molecule has 0 aliphatic carbocycles. The van der Waals surface area contributed by atoms with Crippen molar-refractivity contribution in [1.29, 1.82) is 0 Å². The van der Waals surface area contributed by atoms with E-state index < -0.39 is 0 Å². The van der Waals surface area contributed by atoms with Gasteiger partial charge in [0.05, 0.1) is 4.99 Å². The second-order valence-electron chi connectivity index (χ2n) is 2.82. The van der Waals surface area contributed by atoms with Crippen LogP contribution in [0.2, 0.25) is 0 Å². The van der Waals surface area contributed by atoms with E-state index in [0.717, 1.165) is 25.9 Å². The Morgan fingerprint density at radius 3 is 2.55 bits per heavy atom. The minimum Gasteiger partial charge on any atom is -0.393 e. The van der Waals surface area contributed by atoms with Crippen molar-refractivity contribution in [2.45, 2.75) is 26.2 Å². The van der Waals surface area contributed by atoms with Crippen molar-refractivity contribution in [3.8, 4) is 0 Å². The van der Waals surface area contributed by atoms with Crippen molar-refractivity contribution in [3.63, 3.8) is 0 Å². The molecule has 0 saturated carbocycles. The summed E-state index contributed by atoms with van der Waals surface area (Å²) in [6, 6.07) is 0. The van der Waals surface area contributed by atoms with Crippen molar-refractivity contribution in [1.82, 2.24) is 4.90 Å². The third kappa shape index (κ3) is 7.75. The first kappa shape index (κ1) is 10.8. The zero-order valence-electron chi connectivity index (χ0n) is 7.47. The van der Waals surface area contributed by atoms with E-state index in [0.29, 0.717) is 4.99 Å². The molecule has 0 aliphatic heterocycles. The van der Waals surface area contributed by atoms with Crippen molar-refractivity contribution in [2.24, 2.45) is 5.73 Å². The highest BCUT2D eigenvalue weighted by molar-refractivity contribution is 7.80. The lowest BCUT2D eigenvalue weighted by atomic mass is 10.2. The first-order chi connectivity index (χ1) is 5.16. The van der Waals surface area contributed by atoms with Crippen LogP contribution in [0.1, 0.15) is 26.2 Å². The summed E-state index contributed by atoms with van der Waals surface area (Å²) in [6.45, 7) is 4.43. The Morgan fingerprint density at radius 2 is 2.09 bits per heavy atom. The van der Waals surface area contributed by atoms with Crippen LogP contribution in [-0.2, 0) is 0 Å². The second-order valence-corrected chi connectivity index (χ2v) is 3.34. The Labute approximate surface area is 74.8 Å². The predicted molar refractivity (Wildman–Crippen MR) is 53.8 cm³/mol. The van der Waals surface area contributed by atoms with Gasteiger partial charge < -0.3 is 10.6 Å². The maximum Gasteiger partial charge on any atom is 0.0727 e. The number of nitrogens with zero attached hydrogens (tertiary/aromatic N) is 1. The molecule has 0 heterocycles. The normalized spacial score (nSPS) is 10.5. The third-order valence-electron chi connectivity index (χ3n) is 1.75. The van der Waals surface area contributed by atoms with Crippen LogP contribution in [0, 0.1) is 0 Å². The molecule has 0 atom stereocenters. The highest BCUT2D eigenvalue weighted by atomic mass is 32.1. The molecule has 0 amide bonds. The molecule has 66 valence electrons. The van der Waals surface area contributed by atoms with Crippen LogP contribution in [0.5, 0.6) is 0 Å². The Balaban J connectivity index is 3.08. The van der Waals surface area contributed by atoms with Crippen LogP contribution in [0.3, 0.4) is 0 Å². The van der Waals surface area contributed by atoms with Crippen molar-refractivity contribution >= 4 is 17.2 Å². The molecule has 0 radical (unpaired) electrons. The summed E-state index contributed by atoms with van der Waals surface area (Å²) in [5.74, 6) is 0. The zero-order valence-corrected chi connectivity index (χ0v) is 8.28. The number of hydrogen-bond donors (Lipinski definition) is 1. The summed E-state index contributed by atoms with van der Waals surface area (Å²) in [6.07, 6.45) is 3.22. The van der Waals surface area contributed by atoms with E-state index in [-0.39, 0.29) is 0 Å². The van der Waals surface area contributed by atoms with Gasteiger partial charge in [-0.2, -0.15) is 0 Å². The maximum atomic E-state index is 5.36. The van der Waals surface area contributed by atoms with Gasteiger partial charge in [-0.1, -0.05) is 19.1 Å². The van der Waals surface area contributed by atoms with Gasteiger partial charge in [0, 0.05) is 0 Å². The average molecular weight is 174 g/mol. The van der Waals surface area contributed by atoms with Crippen LogP contribution in [0.15, 0.2) is 0 Å². The van der Waals surface area contributed by atoms with Gasteiger partial charge in [0.1, 0.15) is 0 Å². The van der Waals surface area contributed by atoms with Gasteiger partial charge in [0.15, 0.2) is 0 Å². The number of nitrogens with two attached hydrogens (primary N) is 1. The van der Waals surface area contributed by atoms with E-state index >= 15 is 0 Å². The van der Waals surface area contributed by atoms with Gasteiger partial charge in [-0.05, 0) is 39.4 Å². The molecule has 0 aromatic heterocycles. The number of hydrogen-bond acceptors (Lipinski definition) is 2. The van der Waals surface area contributed by atoms with E-state index in [9.17, 15) is 0 Å². The van der Waals surface area contributed by atoms with Gasteiger partial charge in [-0.25, -0.2) is 0 Å². The molecular weight excluding hydrogens is 156 g/mol. The highest BCUT2D eigenvalue weighted by Crippen LogP contribution is 1.96. The standard InChI is InChI=1S/C8H18N2S/c1-3-10(2)7-5-4-6-8(9)11/h3-7H2,1-2H3,(H2,9,11). The van der Waals surface area contributed by atoms with Gasteiger partial charge in [-0.3, -0.25) is 0 Å². The molecule has 0 fully saturated rings. The third-order valence-corrected chi connectivity index (χ3v) is 1.96. The lowest BCUT2D eigenvalue weighted by molar-refractivity contribution is 0.344. The number of unbranched alkanes of at least 4 members (excludes halogenated alkanes) is 1. The van der Waals surface area contributed by atoms with Crippen LogP contribution >= 0.6 is 12.2 Å². The minimum absolute atomic E-state index is 0.643. The molecular formula is C8H18N2S. The van der Waals surface area contributed by atoms with Gasteiger partial charge in [0.25, 0.3) is 0 Å². The monoisotopic (exact) mass is 174 g/mol. The molecule has 0 spiro atoms. The summed E-state index contributed by atoms with van der Waals surface area (Å²) in [4.78, 5) is 2.93. The van der Waals surface area contributed by atoms with Crippen LogP contribution in [0.4, 0.5) is 0 Å².